The van der Waals surface area contributed by atoms with E-state index in [-0.39, 0.29) is 27.6 Å². The molecule has 3 aliphatic heterocycles. The predicted octanol–water partition coefficient (Wildman–Crippen LogP) is 6.61. The van der Waals surface area contributed by atoms with Crippen molar-refractivity contribution in [1.29, 1.82) is 0 Å². The molecule has 2 atom stereocenters. The van der Waals surface area contributed by atoms with Crippen molar-refractivity contribution < 1.29 is 13.2 Å². The number of aromatic nitrogens is 2. The minimum atomic E-state index is -4.28. The zero-order valence-corrected chi connectivity index (χ0v) is 28.4. The number of para-hydroxylation sites is 1. The maximum atomic E-state index is 13.8. The second-order valence-electron chi connectivity index (χ2n) is 14.6. The Kier molecular flexibility index (Phi) is 8.29. The summed E-state index contributed by atoms with van der Waals surface area (Å²) in [6, 6.07) is 12.4. The molecule has 1 fully saturated rings. The first-order chi connectivity index (χ1) is 21.7. The second-order valence-corrected chi connectivity index (χ2v) is 16.2. The fourth-order valence-corrected chi connectivity index (χ4v) is 7.87. The van der Waals surface area contributed by atoms with Gasteiger partial charge in [-0.25, -0.2) is 14.7 Å². The molecular weight excluding hydrogens is 597 g/mol. The molecular formula is C36H44N6O3S. The Bertz CT molecular complexity index is 1890. The van der Waals surface area contributed by atoms with Gasteiger partial charge in [-0.3, -0.25) is 9.79 Å². The number of carbonyl (C=O) groups is 1. The summed E-state index contributed by atoms with van der Waals surface area (Å²) in [5.74, 6) is 0.596. The molecule has 0 saturated carbocycles. The van der Waals surface area contributed by atoms with Gasteiger partial charge < -0.3 is 10.2 Å². The summed E-state index contributed by atoms with van der Waals surface area (Å²) >= 11 is 0. The Labute approximate surface area is 272 Å². The lowest BCUT2D eigenvalue weighted by molar-refractivity contribution is 0.0981. The van der Waals surface area contributed by atoms with Gasteiger partial charge in [0, 0.05) is 29.7 Å². The standard InChI is InChI=1S/C36H44N6O3S/c1-23-9-7-10-26-19-29-33(40-32(23)26)42-22-24(20-36(42,5)6)13-14-28(18-25-17-27(35(2,3)4)15-16-37-21-25)38-30-11-8-12-31(39-30)46(44,45)41-34(29)43/h7-12,15-17,19,24,28H,13-14,18,20-22H2,1-6H3,(H,38,39)(H,41,43)/t24-,28?/m0/s1. The molecule has 6 rings (SSSR count). The molecule has 2 N–H and O–H groups in total. The monoisotopic (exact) mass is 640 g/mol. The third-order valence-corrected chi connectivity index (χ3v) is 10.6. The summed E-state index contributed by atoms with van der Waals surface area (Å²) in [5.41, 5.74) is 4.17. The van der Waals surface area contributed by atoms with Gasteiger partial charge in [-0.05, 0) is 98.8 Å². The van der Waals surface area contributed by atoms with Crippen molar-refractivity contribution in [2.75, 3.05) is 23.3 Å². The fraction of sp³-hybridized carbons (Fsp3) is 0.444. The van der Waals surface area contributed by atoms with E-state index in [1.807, 2.05) is 31.3 Å². The summed E-state index contributed by atoms with van der Waals surface area (Å²) in [5, 5.41) is 4.12. The molecule has 4 bridgehead atoms. The van der Waals surface area contributed by atoms with Gasteiger partial charge >= 0.3 is 0 Å². The van der Waals surface area contributed by atoms with Gasteiger partial charge in [0.2, 0.25) is 0 Å². The third kappa shape index (κ3) is 6.58. The minimum Gasteiger partial charge on any atom is -0.367 e. The van der Waals surface area contributed by atoms with Gasteiger partial charge in [0.1, 0.15) is 11.6 Å². The van der Waals surface area contributed by atoms with Crippen LogP contribution in [0.3, 0.4) is 0 Å². The van der Waals surface area contributed by atoms with E-state index in [0.29, 0.717) is 30.6 Å². The highest BCUT2D eigenvalue weighted by Crippen LogP contribution is 2.41. The number of carbonyl (C=O) groups excluding carboxylic acids is 1. The summed E-state index contributed by atoms with van der Waals surface area (Å²) in [4.78, 5) is 30.2. The van der Waals surface area contributed by atoms with Crippen molar-refractivity contribution in [2.24, 2.45) is 16.3 Å². The number of hydrogen-bond acceptors (Lipinski definition) is 8. The number of nitrogens with zero attached hydrogens (tertiary/aromatic N) is 4. The van der Waals surface area contributed by atoms with E-state index in [9.17, 15) is 13.2 Å². The van der Waals surface area contributed by atoms with Gasteiger partial charge in [0.05, 0.1) is 17.6 Å². The Balaban J connectivity index is 1.42. The first kappa shape index (κ1) is 31.9. The lowest BCUT2D eigenvalue weighted by Crippen LogP contribution is -2.41. The maximum absolute atomic E-state index is 13.8. The van der Waals surface area contributed by atoms with E-state index in [1.54, 1.807) is 18.2 Å². The number of sulfonamides is 1. The van der Waals surface area contributed by atoms with E-state index in [2.05, 4.69) is 71.7 Å². The number of nitrogens with one attached hydrogen (secondary N) is 2. The van der Waals surface area contributed by atoms with Crippen LogP contribution >= 0.6 is 0 Å². The number of amides is 1. The quantitative estimate of drug-likeness (QED) is 0.324. The average molecular weight is 641 g/mol. The lowest BCUT2D eigenvalue weighted by Gasteiger charge is -2.34. The molecule has 0 aliphatic carbocycles. The number of allylic oxidation sites excluding steroid dienone is 3. The lowest BCUT2D eigenvalue weighted by atomic mass is 9.84. The molecule has 46 heavy (non-hydrogen) atoms. The normalized spacial score (nSPS) is 22.8. The number of pyridine rings is 2. The van der Waals surface area contributed by atoms with Crippen LogP contribution in [-0.2, 0) is 10.0 Å². The Morgan fingerprint density at radius 3 is 2.63 bits per heavy atom. The number of fused-ring (bicyclic) bond motifs is 7. The molecule has 10 heteroatoms. The second kappa shape index (κ2) is 12.0. The molecule has 1 unspecified atom stereocenters. The molecule has 5 heterocycles. The summed E-state index contributed by atoms with van der Waals surface area (Å²) in [6.45, 7) is 14.3. The van der Waals surface area contributed by atoms with Crippen LogP contribution in [0.2, 0.25) is 0 Å². The van der Waals surface area contributed by atoms with Crippen LogP contribution in [0.15, 0.2) is 75.8 Å². The molecule has 0 radical (unpaired) electrons. The predicted molar refractivity (Wildman–Crippen MR) is 185 cm³/mol. The number of anilines is 2. The number of benzene rings is 1. The van der Waals surface area contributed by atoms with Crippen LogP contribution in [0.1, 0.15) is 76.2 Å². The zero-order valence-electron chi connectivity index (χ0n) is 27.6. The molecule has 9 nitrogen and oxygen atoms in total. The molecule has 1 amide bonds. The van der Waals surface area contributed by atoms with E-state index < -0.39 is 15.9 Å². The maximum Gasteiger partial charge on any atom is 0.281 e. The molecule has 1 saturated heterocycles. The number of aryl methyl sites for hydroxylation is 1. The van der Waals surface area contributed by atoms with Crippen LogP contribution in [0.5, 0.6) is 0 Å². The highest BCUT2D eigenvalue weighted by Gasteiger charge is 2.41. The van der Waals surface area contributed by atoms with Gasteiger partial charge in [-0.15, -0.1) is 0 Å². The van der Waals surface area contributed by atoms with Crippen LogP contribution < -0.4 is 14.9 Å². The fourth-order valence-electron chi connectivity index (χ4n) is 6.93. The first-order valence-electron chi connectivity index (χ1n) is 16.1. The summed E-state index contributed by atoms with van der Waals surface area (Å²) in [7, 11) is -4.28. The molecule has 3 aliphatic rings. The first-order valence-corrected chi connectivity index (χ1v) is 17.6. The minimum absolute atomic E-state index is 0.000100. The molecule has 1 aromatic carbocycles. The van der Waals surface area contributed by atoms with Gasteiger partial charge in [-0.1, -0.05) is 51.1 Å². The Morgan fingerprint density at radius 1 is 1.07 bits per heavy atom. The highest BCUT2D eigenvalue weighted by atomic mass is 32.2. The summed E-state index contributed by atoms with van der Waals surface area (Å²) < 4.78 is 29.5. The van der Waals surface area contributed by atoms with E-state index >= 15 is 0 Å². The van der Waals surface area contributed by atoms with E-state index in [4.69, 9.17) is 4.98 Å². The number of aliphatic imine (C=N–C) groups is 1. The Morgan fingerprint density at radius 2 is 1.85 bits per heavy atom. The molecule has 0 spiro atoms. The summed E-state index contributed by atoms with van der Waals surface area (Å²) in [6.07, 6.45) is 9.72. The number of hydrogen-bond donors (Lipinski definition) is 2. The van der Waals surface area contributed by atoms with Crippen molar-refractivity contribution in [1.82, 2.24) is 14.7 Å². The molecule has 3 aromatic rings. The zero-order chi connectivity index (χ0) is 32.9. The van der Waals surface area contributed by atoms with E-state index in [0.717, 1.165) is 42.1 Å². The molecule has 2 aromatic heterocycles. The number of rotatable bonds is 2. The van der Waals surface area contributed by atoms with Crippen LogP contribution in [-0.4, -0.2) is 55.2 Å². The van der Waals surface area contributed by atoms with Crippen molar-refractivity contribution >= 4 is 44.7 Å². The van der Waals surface area contributed by atoms with Gasteiger partial charge in [-0.2, -0.15) is 8.42 Å². The smallest absolute Gasteiger partial charge is 0.281 e. The van der Waals surface area contributed by atoms with Gasteiger partial charge in [0.15, 0.2) is 5.03 Å². The van der Waals surface area contributed by atoms with Crippen molar-refractivity contribution in [3.05, 3.63) is 76.9 Å². The van der Waals surface area contributed by atoms with Crippen LogP contribution in [0, 0.1) is 18.3 Å². The van der Waals surface area contributed by atoms with Crippen LogP contribution in [0.25, 0.3) is 10.9 Å². The topological polar surface area (TPSA) is 117 Å². The third-order valence-electron chi connectivity index (χ3n) is 9.38. The highest BCUT2D eigenvalue weighted by molar-refractivity contribution is 7.90. The largest absolute Gasteiger partial charge is 0.367 e. The average Bonchev–Trinajstić information content (AvgIpc) is 3.12. The van der Waals surface area contributed by atoms with Crippen LogP contribution in [0.4, 0.5) is 11.6 Å². The van der Waals surface area contributed by atoms with Crippen molar-refractivity contribution in [3.8, 4) is 0 Å². The molecule has 242 valence electrons. The SMILES string of the molecule is Cc1cccc2cc3c(nc12)N1C[C@@H](CCC(CC2=CC(C(C)(C)C)=CC=NC2)Nc2cccc(n2)S(=O)(=O)NC3=O)CC1(C)C. The van der Waals surface area contributed by atoms with Gasteiger partial charge in [0.25, 0.3) is 15.9 Å². The van der Waals surface area contributed by atoms with Crippen molar-refractivity contribution in [3.63, 3.8) is 0 Å². The Hall–Kier alpha value is -4.05. The van der Waals surface area contributed by atoms with E-state index in [1.165, 1.54) is 17.2 Å². The van der Waals surface area contributed by atoms with Crippen molar-refractivity contribution in [2.45, 2.75) is 83.8 Å².